The molecule has 0 unspecified atom stereocenters. The number of hydrogen-bond acceptors (Lipinski definition) is 2. The molecule has 1 aliphatic rings. The summed E-state index contributed by atoms with van der Waals surface area (Å²) in [7, 11) is 0. The fourth-order valence-electron chi connectivity index (χ4n) is 3.78. The molecule has 3 nitrogen and oxygen atoms in total. The van der Waals surface area contributed by atoms with Gasteiger partial charge < -0.3 is 9.80 Å². The first-order chi connectivity index (χ1) is 12.3. The third-order valence-corrected chi connectivity index (χ3v) is 5.17. The van der Waals surface area contributed by atoms with Crippen LogP contribution in [0, 0.1) is 0 Å². The van der Waals surface area contributed by atoms with Gasteiger partial charge in [0, 0.05) is 18.7 Å². The van der Waals surface area contributed by atoms with Gasteiger partial charge in [0.25, 0.3) is 0 Å². The summed E-state index contributed by atoms with van der Waals surface area (Å²) in [5.74, 6) is 0.292. The summed E-state index contributed by atoms with van der Waals surface area (Å²) in [4.78, 5) is 17.0. The number of para-hydroxylation sites is 1. The lowest BCUT2D eigenvalue weighted by atomic mass is 10.0. The molecule has 1 amide bonds. The predicted molar refractivity (Wildman–Crippen MR) is 107 cm³/mol. The zero-order valence-electron chi connectivity index (χ0n) is 16.3. The molecule has 0 aliphatic carbocycles. The smallest absolute Gasteiger partial charge is 0.227 e. The first-order valence-electron chi connectivity index (χ1n) is 10.4. The van der Waals surface area contributed by atoms with Gasteiger partial charge in [0.15, 0.2) is 0 Å². The molecule has 1 aromatic rings. The van der Waals surface area contributed by atoms with Crippen molar-refractivity contribution in [3.8, 4) is 0 Å². The first kappa shape index (κ1) is 20.0. The number of fused-ring (bicyclic) bond motifs is 1. The lowest BCUT2D eigenvalue weighted by Crippen LogP contribution is -2.37. The van der Waals surface area contributed by atoms with E-state index in [1.54, 1.807) is 0 Å². The van der Waals surface area contributed by atoms with Crippen LogP contribution in [0.2, 0.25) is 0 Å². The van der Waals surface area contributed by atoms with Crippen LogP contribution in [0.4, 0.5) is 5.69 Å². The number of carbonyl (C=O) groups is 1. The number of rotatable bonds is 12. The molecule has 1 aliphatic heterocycles. The van der Waals surface area contributed by atoms with E-state index < -0.39 is 0 Å². The topological polar surface area (TPSA) is 23.6 Å². The lowest BCUT2D eigenvalue weighted by molar-refractivity contribution is -0.118. The third-order valence-electron chi connectivity index (χ3n) is 5.17. The van der Waals surface area contributed by atoms with E-state index >= 15 is 0 Å². The van der Waals surface area contributed by atoms with Crippen LogP contribution in [-0.4, -0.2) is 37.0 Å². The largest absolute Gasteiger partial charge is 0.312 e. The summed E-state index contributed by atoms with van der Waals surface area (Å²) in [6.45, 7) is 8.87. The fourth-order valence-corrected chi connectivity index (χ4v) is 3.78. The van der Waals surface area contributed by atoms with Crippen molar-refractivity contribution in [2.75, 3.05) is 31.1 Å². The summed E-state index contributed by atoms with van der Waals surface area (Å²) in [6, 6.07) is 8.39. The van der Waals surface area contributed by atoms with E-state index in [1.807, 2.05) is 11.0 Å². The highest BCUT2D eigenvalue weighted by Crippen LogP contribution is 2.27. The monoisotopic (exact) mass is 344 g/mol. The van der Waals surface area contributed by atoms with Gasteiger partial charge in [-0.25, -0.2) is 0 Å². The van der Waals surface area contributed by atoms with Gasteiger partial charge in [0.2, 0.25) is 5.91 Å². The minimum atomic E-state index is 0.292. The minimum Gasteiger partial charge on any atom is -0.312 e. The van der Waals surface area contributed by atoms with Crippen molar-refractivity contribution in [1.29, 1.82) is 0 Å². The Balaban J connectivity index is 1.78. The van der Waals surface area contributed by atoms with Crippen LogP contribution in [0.25, 0.3) is 0 Å². The Labute approximate surface area is 154 Å². The number of anilines is 1. The predicted octanol–water partition coefficient (Wildman–Crippen LogP) is 5.04. The highest BCUT2D eigenvalue weighted by atomic mass is 16.2. The van der Waals surface area contributed by atoms with Crippen molar-refractivity contribution in [1.82, 2.24) is 4.90 Å². The number of nitrogens with zero attached hydrogens (tertiary/aromatic N) is 2. The maximum atomic E-state index is 12.3. The molecule has 0 radical (unpaired) electrons. The molecule has 140 valence electrons. The molecular formula is C22H36N2O. The quantitative estimate of drug-likeness (QED) is 0.496. The molecule has 3 heteroatoms. The van der Waals surface area contributed by atoms with E-state index in [9.17, 15) is 4.79 Å². The van der Waals surface area contributed by atoms with E-state index in [1.165, 1.54) is 57.2 Å². The molecular weight excluding hydrogens is 308 g/mol. The van der Waals surface area contributed by atoms with Crippen molar-refractivity contribution in [3.05, 3.63) is 29.8 Å². The summed E-state index contributed by atoms with van der Waals surface area (Å²) in [5.41, 5.74) is 2.46. The zero-order chi connectivity index (χ0) is 17.9. The molecule has 1 heterocycles. The average Bonchev–Trinajstić information content (AvgIpc) is 2.63. The molecule has 0 spiro atoms. The van der Waals surface area contributed by atoms with E-state index in [0.29, 0.717) is 12.3 Å². The molecule has 0 N–H and O–H groups in total. The second kappa shape index (κ2) is 11.3. The van der Waals surface area contributed by atoms with Crippen LogP contribution in [0.15, 0.2) is 24.3 Å². The van der Waals surface area contributed by atoms with Gasteiger partial charge in [-0.2, -0.15) is 0 Å². The second-order valence-corrected chi connectivity index (χ2v) is 7.28. The SMILES string of the molecule is CCCCCCCN(CCC)CCCN1C(=O)CCc2ccccc21. The number of hydrogen-bond donors (Lipinski definition) is 0. The Morgan fingerprint density at radius 1 is 0.880 bits per heavy atom. The van der Waals surface area contributed by atoms with Gasteiger partial charge in [0.05, 0.1) is 0 Å². The molecule has 0 bridgehead atoms. The number of aryl methyl sites for hydroxylation is 1. The lowest BCUT2D eigenvalue weighted by Gasteiger charge is -2.30. The Kier molecular flexibility index (Phi) is 9.03. The van der Waals surface area contributed by atoms with Crippen molar-refractivity contribution in [3.63, 3.8) is 0 Å². The van der Waals surface area contributed by atoms with Crippen LogP contribution in [0.5, 0.6) is 0 Å². The Morgan fingerprint density at radius 3 is 2.44 bits per heavy atom. The van der Waals surface area contributed by atoms with Crippen LogP contribution >= 0.6 is 0 Å². The molecule has 25 heavy (non-hydrogen) atoms. The summed E-state index contributed by atoms with van der Waals surface area (Å²) >= 11 is 0. The Hall–Kier alpha value is -1.35. The van der Waals surface area contributed by atoms with Crippen molar-refractivity contribution in [2.24, 2.45) is 0 Å². The first-order valence-corrected chi connectivity index (χ1v) is 10.4. The van der Waals surface area contributed by atoms with Gasteiger partial charge in [0.1, 0.15) is 0 Å². The van der Waals surface area contributed by atoms with Gasteiger partial charge in [-0.3, -0.25) is 4.79 Å². The van der Waals surface area contributed by atoms with E-state index in [-0.39, 0.29) is 0 Å². The molecule has 0 saturated carbocycles. The van der Waals surface area contributed by atoms with Crippen molar-refractivity contribution < 1.29 is 4.79 Å². The fraction of sp³-hybridized carbons (Fsp3) is 0.682. The van der Waals surface area contributed by atoms with Gasteiger partial charge >= 0.3 is 0 Å². The molecule has 0 aromatic heterocycles. The molecule has 0 saturated heterocycles. The highest BCUT2D eigenvalue weighted by molar-refractivity contribution is 5.96. The van der Waals surface area contributed by atoms with Crippen molar-refractivity contribution >= 4 is 11.6 Å². The Bertz CT molecular complexity index is 515. The zero-order valence-corrected chi connectivity index (χ0v) is 16.3. The number of amides is 1. The van der Waals surface area contributed by atoms with E-state index in [2.05, 4.69) is 36.9 Å². The van der Waals surface area contributed by atoms with Crippen LogP contribution in [0.3, 0.4) is 0 Å². The average molecular weight is 345 g/mol. The molecule has 0 atom stereocenters. The van der Waals surface area contributed by atoms with Crippen LogP contribution in [0.1, 0.15) is 70.8 Å². The molecule has 0 fully saturated rings. The molecule has 2 rings (SSSR count). The van der Waals surface area contributed by atoms with Gasteiger partial charge in [-0.1, -0.05) is 57.7 Å². The number of benzene rings is 1. The van der Waals surface area contributed by atoms with Crippen LogP contribution in [-0.2, 0) is 11.2 Å². The van der Waals surface area contributed by atoms with Gasteiger partial charge in [-0.05, 0) is 56.9 Å². The summed E-state index contributed by atoms with van der Waals surface area (Å²) in [5, 5.41) is 0. The standard InChI is InChI=1S/C22H36N2O/c1-3-5-6-7-10-17-23(16-4-2)18-11-19-24-21-13-9-8-12-20(21)14-15-22(24)25/h8-9,12-13H,3-7,10-11,14-19H2,1-2H3. The van der Waals surface area contributed by atoms with Crippen molar-refractivity contribution in [2.45, 2.75) is 71.6 Å². The second-order valence-electron chi connectivity index (χ2n) is 7.28. The maximum Gasteiger partial charge on any atom is 0.227 e. The highest BCUT2D eigenvalue weighted by Gasteiger charge is 2.23. The molecule has 1 aromatic carbocycles. The van der Waals surface area contributed by atoms with Crippen LogP contribution < -0.4 is 4.90 Å². The normalized spacial score (nSPS) is 14.2. The number of unbranched alkanes of at least 4 members (excludes halogenated alkanes) is 4. The van der Waals surface area contributed by atoms with E-state index in [4.69, 9.17) is 0 Å². The summed E-state index contributed by atoms with van der Waals surface area (Å²) < 4.78 is 0. The Morgan fingerprint density at radius 2 is 1.64 bits per heavy atom. The minimum absolute atomic E-state index is 0.292. The summed E-state index contributed by atoms with van der Waals surface area (Å²) in [6.07, 6.45) is 10.5. The van der Waals surface area contributed by atoms with E-state index in [0.717, 1.165) is 31.6 Å². The third kappa shape index (κ3) is 6.47. The maximum absolute atomic E-state index is 12.3. The number of carbonyl (C=O) groups excluding carboxylic acids is 1. The van der Waals surface area contributed by atoms with Gasteiger partial charge in [-0.15, -0.1) is 0 Å².